The molecule has 2 saturated heterocycles. The van der Waals surface area contributed by atoms with Crippen LogP contribution in [0, 0.1) is 23.7 Å². The molecule has 12 heteroatoms. The average Bonchev–Trinajstić information content (AvgIpc) is 3.49. The number of piperidine rings is 1. The average molecular weight is 647 g/mol. The maximum atomic E-state index is 13.8. The van der Waals surface area contributed by atoms with Crippen LogP contribution >= 0.6 is 22.6 Å². The number of nitrogens with zero attached hydrogens (tertiary/aromatic N) is 5. The van der Waals surface area contributed by atoms with E-state index in [1.54, 1.807) is 0 Å². The number of anilines is 1. The minimum Gasteiger partial charge on any atom is -0.369 e. The number of likely N-dealkylation sites (tertiary alicyclic amines) is 2. The molecule has 0 bridgehead atoms. The van der Waals surface area contributed by atoms with Crippen molar-refractivity contribution in [1.29, 1.82) is 5.41 Å². The number of alkyl halides is 1. The molecule has 0 radical (unpaired) electrons. The smallest absolute Gasteiger partial charge is 0.229 e. The summed E-state index contributed by atoms with van der Waals surface area (Å²) < 4.78 is 0.145. The lowest BCUT2D eigenvalue weighted by molar-refractivity contribution is -0.140. The molecule has 4 unspecified atom stereocenters. The first-order chi connectivity index (χ1) is 18.8. The summed E-state index contributed by atoms with van der Waals surface area (Å²) in [6.45, 7) is 9.32. The van der Waals surface area contributed by atoms with E-state index in [0.717, 1.165) is 74.2 Å². The molecule has 210 valence electrons. The Morgan fingerprint density at radius 3 is 2.72 bits per heavy atom. The molecule has 1 aromatic rings. The van der Waals surface area contributed by atoms with E-state index in [9.17, 15) is 4.79 Å². The van der Waals surface area contributed by atoms with Crippen LogP contribution in [-0.2, 0) is 4.79 Å². The fourth-order valence-electron chi connectivity index (χ4n) is 5.88. The predicted molar refractivity (Wildman–Crippen MR) is 163 cm³/mol. The summed E-state index contributed by atoms with van der Waals surface area (Å²) in [5.74, 6) is 3.00. The third kappa shape index (κ3) is 6.21. The van der Waals surface area contributed by atoms with Crippen molar-refractivity contribution in [2.24, 2.45) is 21.3 Å². The summed E-state index contributed by atoms with van der Waals surface area (Å²) >= 11 is 2.23. The van der Waals surface area contributed by atoms with Gasteiger partial charge in [0.1, 0.15) is 17.5 Å². The lowest BCUT2D eigenvalue weighted by Crippen LogP contribution is -2.53. The molecule has 4 aliphatic rings. The van der Waals surface area contributed by atoms with Gasteiger partial charge in [0.05, 0.1) is 15.0 Å². The van der Waals surface area contributed by atoms with Gasteiger partial charge in [-0.05, 0) is 58.6 Å². The second kappa shape index (κ2) is 11.8. The Labute approximate surface area is 243 Å². The maximum absolute atomic E-state index is 13.8. The highest BCUT2D eigenvalue weighted by molar-refractivity contribution is 14.1. The minimum atomic E-state index is -0.265. The number of hydrogen-bond acceptors (Lipinski definition) is 9. The molecule has 1 aromatic heterocycles. The zero-order valence-electron chi connectivity index (χ0n) is 22.9. The predicted octanol–water partition coefficient (Wildman–Crippen LogP) is 3.00. The fraction of sp³-hybridized carbons (Fsp3) is 0.593. The van der Waals surface area contributed by atoms with E-state index in [0.29, 0.717) is 12.5 Å². The number of aryl methyl sites for hydroxylation is 1. The van der Waals surface area contributed by atoms with Crippen molar-refractivity contribution in [3.63, 3.8) is 0 Å². The first kappa shape index (κ1) is 27.8. The second-order valence-electron chi connectivity index (χ2n) is 11.0. The van der Waals surface area contributed by atoms with Crippen LogP contribution < -0.4 is 16.0 Å². The van der Waals surface area contributed by atoms with Crippen molar-refractivity contribution < 1.29 is 4.79 Å². The number of nitrogens with one attached hydrogen (secondary N) is 5. The fourth-order valence-corrected chi connectivity index (χ4v) is 6.10. The van der Waals surface area contributed by atoms with E-state index in [-0.39, 0.29) is 27.6 Å². The number of amidine groups is 1. The van der Waals surface area contributed by atoms with Gasteiger partial charge in [-0.1, -0.05) is 22.6 Å². The molecule has 0 saturated carbocycles. The molecule has 39 heavy (non-hydrogen) atoms. The van der Waals surface area contributed by atoms with Gasteiger partial charge in [-0.3, -0.25) is 14.8 Å². The molecule has 11 nitrogen and oxygen atoms in total. The van der Waals surface area contributed by atoms with Crippen LogP contribution in [0.25, 0.3) is 0 Å². The summed E-state index contributed by atoms with van der Waals surface area (Å²) in [6.07, 6.45) is 10.9. The van der Waals surface area contributed by atoms with Crippen molar-refractivity contribution in [2.75, 3.05) is 31.5 Å². The van der Waals surface area contributed by atoms with Crippen molar-refractivity contribution >= 4 is 52.6 Å². The largest absolute Gasteiger partial charge is 0.369 e. The lowest BCUT2D eigenvalue weighted by atomic mass is 9.77. The molecule has 5 heterocycles. The van der Waals surface area contributed by atoms with Crippen LogP contribution in [-0.4, -0.2) is 86.6 Å². The zero-order valence-corrected chi connectivity index (χ0v) is 25.0. The minimum absolute atomic E-state index is 0.118. The Balaban J connectivity index is 1.15. The van der Waals surface area contributed by atoms with Crippen LogP contribution in [0.3, 0.4) is 0 Å². The monoisotopic (exact) mass is 646 g/mol. The summed E-state index contributed by atoms with van der Waals surface area (Å²) in [6, 6.07) is 2.07. The normalized spacial score (nSPS) is 26.4. The van der Waals surface area contributed by atoms with Crippen LogP contribution in [0.15, 0.2) is 39.7 Å². The van der Waals surface area contributed by atoms with Gasteiger partial charge in [0.25, 0.3) is 0 Å². The Morgan fingerprint density at radius 1 is 1.28 bits per heavy atom. The zero-order chi connectivity index (χ0) is 27.6. The number of allylic oxidation sites excluding steroid dienone is 2. The standard InChI is InChI=1S/C27H39IN10O/c1-17-12-23(33-24-13-18(2)35-36-24)34-26(32-17)37-9-6-27(7-10-37)8-11-38(25(27)39)19(3)20-4-5-22(30-15-20)31-16-21(28)14-29/h5,12-15,19-21,26,29,31-32H,4,6-11,16H2,1-3H3,(H2,33,34,35,36). The molecule has 1 spiro atoms. The molecular weight excluding hydrogens is 607 g/mol. The van der Waals surface area contributed by atoms with E-state index >= 15 is 0 Å². The van der Waals surface area contributed by atoms with Gasteiger partial charge in [0, 0.05) is 62.3 Å². The van der Waals surface area contributed by atoms with Gasteiger partial charge in [0.15, 0.2) is 6.29 Å². The molecule has 4 aliphatic heterocycles. The number of aliphatic imine (C=N–C) groups is 2. The Kier molecular flexibility index (Phi) is 8.40. The molecule has 2 fully saturated rings. The number of carbonyl (C=O) groups excluding carboxylic acids is 1. The highest BCUT2D eigenvalue weighted by Gasteiger charge is 2.50. The summed E-state index contributed by atoms with van der Waals surface area (Å²) in [5.41, 5.74) is 1.71. The van der Waals surface area contributed by atoms with Crippen molar-refractivity contribution in [3.8, 4) is 0 Å². The molecule has 4 atom stereocenters. The van der Waals surface area contributed by atoms with E-state index in [2.05, 4.69) is 76.5 Å². The molecule has 0 aromatic carbocycles. The van der Waals surface area contributed by atoms with Crippen molar-refractivity contribution in [2.45, 2.75) is 62.7 Å². The Hall–Kier alpha value is -2.74. The Morgan fingerprint density at radius 2 is 2.05 bits per heavy atom. The number of halogens is 1. The summed E-state index contributed by atoms with van der Waals surface area (Å²) in [5, 5.41) is 24.6. The number of carbonyl (C=O) groups is 1. The highest BCUT2D eigenvalue weighted by Crippen LogP contribution is 2.43. The first-order valence-electron chi connectivity index (χ1n) is 13.8. The highest BCUT2D eigenvalue weighted by atomic mass is 127. The number of aromatic amines is 1. The van der Waals surface area contributed by atoms with Crippen molar-refractivity contribution in [3.05, 3.63) is 35.4 Å². The van der Waals surface area contributed by atoms with Gasteiger partial charge in [0.2, 0.25) is 5.91 Å². The van der Waals surface area contributed by atoms with Gasteiger partial charge in [-0.25, -0.2) is 9.98 Å². The van der Waals surface area contributed by atoms with Gasteiger partial charge in [-0.2, -0.15) is 5.10 Å². The SMILES string of the molecule is CC1=CC(Nc2cc(C)n[nH]2)=NC(N2CCC3(CC2)CCN(C(C)C2C=NC(NCC(I)C=N)=CC2)C3=O)N1. The topological polar surface area (TPSA) is 137 Å². The van der Waals surface area contributed by atoms with Crippen LogP contribution in [0.4, 0.5) is 5.82 Å². The first-order valence-corrected chi connectivity index (χ1v) is 15.0. The number of H-pyrrole nitrogens is 1. The number of amides is 1. The summed E-state index contributed by atoms with van der Waals surface area (Å²) in [4.78, 5) is 27.7. The third-order valence-corrected chi connectivity index (χ3v) is 9.15. The molecule has 0 aliphatic carbocycles. The summed E-state index contributed by atoms with van der Waals surface area (Å²) in [7, 11) is 0. The second-order valence-corrected chi connectivity index (χ2v) is 12.6. The van der Waals surface area contributed by atoms with E-state index < -0.39 is 0 Å². The molecule has 5 N–H and O–H groups in total. The van der Waals surface area contributed by atoms with E-state index in [1.807, 2.05) is 32.2 Å². The maximum Gasteiger partial charge on any atom is 0.229 e. The van der Waals surface area contributed by atoms with Crippen LogP contribution in [0.5, 0.6) is 0 Å². The number of aromatic nitrogens is 2. The Bertz CT molecular complexity index is 1190. The van der Waals surface area contributed by atoms with E-state index in [4.69, 9.17) is 10.4 Å². The third-order valence-electron chi connectivity index (χ3n) is 8.35. The van der Waals surface area contributed by atoms with Crippen molar-refractivity contribution in [1.82, 2.24) is 30.6 Å². The van der Waals surface area contributed by atoms with Gasteiger partial charge < -0.3 is 26.3 Å². The quantitative estimate of drug-likeness (QED) is 0.168. The van der Waals surface area contributed by atoms with Gasteiger partial charge >= 0.3 is 0 Å². The van der Waals surface area contributed by atoms with E-state index in [1.165, 1.54) is 6.21 Å². The van der Waals surface area contributed by atoms with Gasteiger partial charge in [-0.15, -0.1) is 0 Å². The number of rotatable bonds is 8. The number of hydrogen-bond donors (Lipinski definition) is 5. The van der Waals surface area contributed by atoms with Crippen LogP contribution in [0.2, 0.25) is 0 Å². The molecule has 5 rings (SSSR count). The molecule has 1 amide bonds. The molecular formula is C27H39IN10O. The lowest BCUT2D eigenvalue weighted by Gasteiger charge is -2.42. The van der Waals surface area contributed by atoms with Crippen LogP contribution in [0.1, 0.15) is 45.2 Å².